The highest BCUT2D eigenvalue weighted by Gasteiger charge is 2.32. The molecule has 0 aliphatic heterocycles. The third kappa shape index (κ3) is 9.24. The summed E-state index contributed by atoms with van der Waals surface area (Å²) in [6, 6.07) is 2.06. The molecule has 0 spiro atoms. The number of nitrogens with one attached hydrogen (secondary N) is 4. The van der Waals surface area contributed by atoms with E-state index in [0.29, 0.717) is 0 Å². The highest BCUT2D eigenvalue weighted by atomic mass is 16.4. The van der Waals surface area contributed by atoms with Crippen LogP contribution in [0.3, 0.4) is 0 Å². The fraction of sp³-hybridized carbons (Fsp3) is 0.458. The van der Waals surface area contributed by atoms with Gasteiger partial charge in [-0.25, -0.2) is 4.79 Å². The predicted octanol–water partition coefficient (Wildman–Crippen LogP) is -3.00. The van der Waals surface area contributed by atoms with Gasteiger partial charge in [0.1, 0.15) is 18.1 Å². The summed E-state index contributed by atoms with van der Waals surface area (Å²) in [7, 11) is 0. The second kappa shape index (κ2) is 14.7. The molecule has 0 fully saturated rings. The van der Waals surface area contributed by atoms with E-state index in [2.05, 4.69) is 20.6 Å². The van der Waals surface area contributed by atoms with Crippen LogP contribution in [0.15, 0.2) is 35.5 Å². The third-order valence-corrected chi connectivity index (χ3v) is 5.89. The Morgan fingerprint density at radius 2 is 1.69 bits per heavy atom. The summed E-state index contributed by atoms with van der Waals surface area (Å²) in [5, 5.41) is 36.1. The van der Waals surface area contributed by atoms with E-state index < -0.39 is 60.6 Å². The number of nitrogens with two attached hydrogens (primary N) is 3. The number of para-hydroxylation sites is 1. The standard InChI is InChI=1S/C24H36N8O7/c1-12(34)19(22(37)31-18(11-33)23(38)39)32-21(36)17(7-4-8-28-24(26)27)30-20(35)15(25)9-13-10-29-16-6-3-2-5-14(13)16/h2-3,5-6,10,12,15,17-19,29,33-34H,4,7-9,11,25H2,1H3,(H,30,35)(H,31,37)(H,32,36)(H,38,39)(H4,26,27,28). The van der Waals surface area contributed by atoms with Gasteiger partial charge in [-0.1, -0.05) is 18.2 Å². The SMILES string of the molecule is CC(O)C(NC(=O)C(CCCN=C(N)N)NC(=O)C(N)Cc1c[nH]c2ccccc12)C(=O)NC(CO)C(=O)O. The van der Waals surface area contributed by atoms with Crippen molar-refractivity contribution in [2.24, 2.45) is 22.2 Å². The molecule has 15 heteroatoms. The van der Waals surface area contributed by atoms with Crippen LogP contribution < -0.4 is 33.2 Å². The van der Waals surface area contributed by atoms with Gasteiger partial charge >= 0.3 is 5.97 Å². The van der Waals surface area contributed by atoms with Gasteiger partial charge in [-0.15, -0.1) is 0 Å². The molecule has 0 saturated carbocycles. The number of aliphatic hydroxyl groups excluding tert-OH is 2. The molecule has 5 unspecified atom stereocenters. The van der Waals surface area contributed by atoms with E-state index in [1.54, 1.807) is 6.20 Å². The summed E-state index contributed by atoms with van der Waals surface area (Å²) < 4.78 is 0. The number of rotatable bonds is 15. The second-order valence-electron chi connectivity index (χ2n) is 8.99. The van der Waals surface area contributed by atoms with Crippen molar-refractivity contribution in [1.29, 1.82) is 0 Å². The van der Waals surface area contributed by atoms with E-state index in [-0.39, 0.29) is 31.8 Å². The maximum absolute atomic E-state index is 13.1. The average Bonchev–Trinajstić information content (AvgIpc) is 3.29. The largest absolute Gasteiger partial charge is 0.480 e. The maximum Gasteiger partial charge on any atom is 0.328 e. The van der Waals surface area contributed by atoms with E-state index in [1.165, 1.54) is 6.92 Å². The molecule has 0 saturated heterocycles. The molecule has 13 N–H and O–H groups in total. The number of carbonyl (C=O) groups is 4. The maximum atomic E-state index is 13.1. The van der Waals surface area contributed by atoms with Gasteiger partial charge in [-0.3, -0.25) is 19.4 Å². The van der Waals surface area contributed by atoms with E-state index in [0.717, 1.165) is 16.5 Å². The van der Waals surface area contributed by atoms with Crippen molar-refractivity contribution in [3.05, 3.63) is 36.0 Å². The van der Waals surface area contributed by atoms with Crippen molar-refractivity contribution in [2.75, 3.05) is 13.2 Å². The molecular weight excluding hydrogens is 512 g/mol. The molecule has 2 rings (SSSR count). The number of amides is 3. The molecule has 3 amide bonds. The molecule has 1 heterocycles. The Bertz CT molecular complexity index is 1180. The first-order valence-electron chi connectivity index (χ1n) is 12.2. The lowest BCUT2D eigenvalue weighted by molar-refractivity contribution is -0.144. The zero-order valence-corrected chi connectivity index (χ0v) is 21.5. The van der Waals surface area contributed by atoms with Crippen LogP contribution >= 0.6 is 0 Å². The Kier molecular flexibility index (Phi) is 11.7. The Balaban J connectivity index is 2.14. The van der Waals surface area contributed by atoms with Gasteiger partial charge in [-0.2, -0.15) is 0 Å². The van der Waals surface area contributed by atoms with Crippen molar-refractivity contribution in [1.82, 2.24) is 20.9 Å². The number of aliphatic imine (C=N–C) groups is 1. The number of fused-ring (bicyclic) bond motifs is 1. The molecule has 0 radical (unpaired) electrons. The normalized spacial score (nSPS) is 14.9. The number of guanidine groups is 1. The molecule has 214 valence electrons. The first-order chi connectivity index (χ1) is 18.4. The highest BCUT2D eigenvalue weighted by Crippen LogP contribution is 2.18. The second-order valence-corrected chi connectivity index (χ2v) is 8.99. The molecule has 15 nitrogen and oxygen atoms in total. The van der Waals surface area contributed by atoms with Crippen LogP contribution in [0.1, 0.15) is 25.3 Å². The van der Waals surface area contributed by atoms with Crippen LogP contribution in [0.4, 0.5) is 0 Å². The summed E-state index contributed by atoms with van der Waals surface area (Å²) in [6.45, 7) is 0.461. The summed E-state index contributed by atoms with van der Waals surface area (Å²) in [5.74, 6) is -4.16. The number of carboxylic acids is 1. The minimum atomic E-state index is -1.65. The van der Waals surface area contributed by atoms with Gasteiger partial charge in [0.15, 0.2) is 5.96 Å². The van der Waals surface area contributed by atoms with Crippen LogP contribution in [0.5, 0.6) is 0 Å². The number of carboxylic acid groups (broad SMARTS) is 1. The highest BCUT2D eigenvalue weighted by molar-refractivity contribution is 5.94. The Hall–Kier alpha value is -4.21. The lowest BCUT2D eigenvalue weighted by atomic mass is 10.0. The summed E-state index contributed by atoms with van der Waals surface area (Å²) in [6.07, 6.45) is 0.806. The zero-order valence-electron chi connectivity index (χ0n) is 21.5. The average molecular weight is 549 g/mol. The van der Waals surface area contributed by atoms with Crippen molar-refractivity contribution in [3.63, 3.8) is 0 Å². The smallest absolute Gasteiger partial charge is 0.328 e. The summed E-state index contributed by atoms with van der Waals surface area (Å²) in [4.78, 5) is 56.7. The first-order valence-corrected chi connectivity index (χ1v) is 12.2. The van der Waals surface area contributed by atoms with Crippen LogP contribution in [-0.2, 0) is 25.6 Å². The van der Waals surface area contributed by atoms with E-state index >= 15 is 0 Å². The van der Waals surface area contributed by atoms with Crippen LogP contribution in [0.2, 0.25) is 0 Å². The van der Waals surface area contributed by atoms with Gasteiger partial charge < -0.3 is 53.5 Å². The monoisotopic (exact) mass is 548 g/mol. The molecular formula is C24H36N8O7. The van der Waals surface area contributed by atoms with Crippen molar-refractivity contribution >= 4 is 40.6 Å². The zero-order chi connectivity index (χ0) is 29.1. The van der Waals surface area contributed by atoms with Crippen molar-refractivity contribution < 1.29 is 34.5 Å². The molecule has 5 atom stereocenters. The topological polar surface area (TPSA) is 271 Å². The number of benzene rings is 1. The van der Waals surface area contributed by atoms with Gasteiger partial charge in [0.05, 0.1) is 18.8 Å². The van der Waals surface area contributed by atoms with Crippen LogP contribution in [0, 0.1) is 0 Å². The van der Waals surface area contributed by atoms with E-state index in [1.807, 2.05) is 29.6 Å². The fourth-order valence-electron chi connectivity index (χ4n) is 3.79. The minimum Gasteiger partial charge on any atom is -0.480 e. The van der Waals surface area contributed by atoms with Crippen LogP contribution in [0.25, 0.3) is 10.9 Å². The van der Waals surface area contributed by atoms with Gasteiger partial charge in [0, 0.05) is 23.6 Å². The molecule has 1 aromatic heterocycles. The third-order valence-electron chi connectivity index (χ3n) is 5.89. The Morgan fingerprint density at radius 1 is 1.03 bits per heavy atom. The van der Waals surface area contributed by atoms with Gasteiger partial charge in [0.25, 0.3) is 0 Å². The van der Waals surface area contributed by atoms with Gasteiger partial charge in [0.2, 0.25) is 17.7 Å². The molecule has 0 aliphatic carbocycles. The Morgan fingerprint density at radius 3 is 2.31 bits per heavy atom. The molecule has 1 aromatic carbocycles. The number of hydrogen-bond acceptors (Lipinski definition) is 8. The number of aliphatic hydroxyl groups is 2. The van der Waals surface area contributed by atoms with E-state index in [9.17, 15) is 24.3 Å². The lowest BCUT2D eigenvalue weighted by Crippen LogP contribution is -2.60. The molecule has 2 aromatic rings. The Labute approximate surface area is 224 Å². The van der Waals surface area contributed by atoms with Gasteiger partial charge in [-0.05, 0) is 37.8 Å². The predicted molar refractivity (Wildman–Crippen MR) is 142 cm³/mol. The molecule has 0 aliphatic rings. The number of aromatic nitrogens is 1. The molecule has 0 bridgehead atoms. The first kappa shape index (κ1) is 31.0. The molecule has 39 heavy (non-hydrogen) atoms. The quantitative estimate of drug-likeness (QED) is 0.0612. The number of aliphatic carboxylic acids is 1. The number of nitrogens with zero attached hydrogens (tertiary/aromatic N) is 1. The minimum absolute atomic E-state index is 0.0523. The summed E-state index contributed by atoms with van der Waals surface area (Å²) >= 11 is 0. The van der Waals surface area contributed by atoms with Crippen molar-refractivity contribution in [2.45, 2.75) is 56.5 Å². The fourth-order valence-corrected chi connectivity index (χ4v) is 3.79. The summed E-state index contributed by atoms with van der Waals surface area (Å²) in [5.41, 5.74) is 18.5. The lowest BCUT2D eigenvalue weighted by Gasteiger charge is -2.26. The number of H-pyrrole nitrogens is 1. The number of aromatic amines is 1. The number of carbonyl (C=O) groups excluding carboxylic acids is 3. The number of hydrogen-bond donors (Lipinski definition) is 10. The van der Waals surface area contributed by atoms with E-state index in [4.69, 9.17) is 27.4 Å². The van der Waals surface area contributed by atoms with Crippen molar-refractivity contribution in [3.8, 4) is 0 Å². The van der Waals surface area contributed by atoms with Crippen LogP contribution in [-0.4, -0.2) is 93.4 Å².